The maximum absolute atomic E-state index is 15.6. The first-order valence-corrected chi connectivity index (χ1v) is 14.0. The molecule has 0 atom stereocenters. The lowest BCUT2D eigenvalue weighted by molar-refractivity contribution is 0.0741. The number of sulfone groups is 1. The molecule has 0 amide bonds. The summed E-state index contributed by atoms with van der Waals surface area (Å²) < 4.78 is 69.9. The monoisotopic (exact) mass is 562 g/mol. The lowest BCUT2D eigenvalue weighted by Crippen LogP contribution is -2.16. The summed E-state index contributed by atoms with van der Waals surface area (Å²) in [5.41, 5.74) is 0.177. The van der Waals surface area contributed by atoms with Gasteiger partial charge in [0, 0.05) is 29.5 Å². The Labute approximate surface area is 224 Å². The summed E-state index contributed by atoms with van der Waals surface area (Å²) in [5, 5.41) is 10.7. The SMILES string of the molecule is CCc1c(F)cc(-c2ccc(-n3cc(C(C)(C)O)nc3Cc3ccc(F)cc3Cl)c(F)c2)cc1S(C)(=O)=O. The van der Waals surface area contributed by atoms with Gasteiger partial charge in [0.05, 0.1) is 16.3 Å². The van der Waals surface area contributed by atoms with Crippen molar-refractivity contribution >= 4 is 21.4 Å². The third kappa shape index (κ3) is 5.65. The summed E-state index contributed by atoms with van der Waals surface area (Å²) in [6.45, 7) is 4.74. The molecule has 10 heteroatoms. The van der Waals surface area contributed by atoms with E-state index in [9.17, 15) is 22.3 Å². The van der Waals surface area contributed by atoms with E-state index >= 15 is 4.39 Å². The third-order valence-electron chi connectivity index (χ3n) is 6.22. The third-order valence-corrected chi connectivity index (χ3v) is 7.73. The molecule has 1 N–H and O–H groups in total. The average Bonchev–Trinajstić information content (AvgIpc) is 3.24. The van der Waals surface area contributed by atoms with Crippen molar-refractivity contribution in [2.24, 2.45) is 0 Å². The summed E-state index contributed by atoms with van der Waals surface area (Å²) in [6.07, 6.45) is 2.82. The van der Waals surface area contributed by atoms with Gasteiger partial charge in [-0.05, 0) is 73.4 Å². The Kier molecular flexibility index (Phi) is 7.49. The van der Waals surface area contributed by atoms with Crippen LogP contribution in [0.1, 0.15) is 43.4 Å². The maximum Gasteiger partial charge on any atom is 0.175 e. The Morgan fingerprint density at radius 3 is 2.26 bits per heavy atom. The van der Waals surface area contributed by atoms with Gasteiger partial charge in [0.2, 0.25) is 0 Å². The predicted molar refractivity (Wildman–Crippen MR) is 141 cm³/mol. The van der Waals surface area contributed by atoms with E-state index in [0.29, 0.717) is 11.4 Å². The van der Waals surface area contributed by atoms with E-state index in [1.165, 1.54) is 53.2 Å². The largest absolute Gasteiger partial charge is 0.384 e. The minimum absolute atomic E-state index is 0.0787. The Morgan fingerprint density at radius 2 is 1.68 bits per heavy atom. The number of aliphatic hydroxyl groups is 1. The van der Waals surface area contributed by atoms with Gasteiger partial charge in [-0.25, -0.2) is 26.6 Å². The van der Waals surface area contributed by atoms with Crippen LogP contribution in [0.3, 0.4) is 0 Å². The van der Waals surface area contributed by atoms with Crippen LogP contribution in [0.5, 0.6) is 0 Å². The average molecular weight is 563 g/mol. The summed E-state index contributed by atoms with van der Waals surface area (Å²) in [6, 6.07) is 10.7. The van der Waals surface area contributed by atoms with Gasteiger partial charge < -0.3 is 9.67 Å². The van der Waals surface area contributed by atoms with Crippen molar-refractivity contribution in [3.63, 3.8) is 0 Å². The molecule has 0 fully saturated rings. The number of nitrogens with zero attached hydrogens (tertiary/aromatic N) is 2. The maximum atomic E-state index is 15.6. The van der Waals surface area contributed by atoms with Crippen molar-refractivity contribution in [3.05, 3.63) is 99.8 Å². The molecule has 200 valence electrons. The van der Waals surface area contributed by atoms with Crippen molar-refractivity contribution < 1.29 is 26.7 Å². The molecule has 0 spiro atoms. The van der Waals surface area contributed by atoms with Gasteiger partial charge in [0.1, 0.15) is 28.9 Å². The van der Waals surface area contributed by atoms with Crippen LogP contribution in [-0.4, -0.2) is 29.3 Å². The second kappa shape index (κ2) is 10.2. The smallest absolute Gasteiger partial charge is 0.175 e. The first-order chi connectivity index (χ1) is 17.7. The summed E-state index contributed by atoms with van der Waals surface area (Å²) in [5.74, 6) is -1.52. The molecule has 4 aromatic rings. The first kappa shape index (κ1) is 27.9. The first-order valence-electron chi connectivity index (χ1n) is 11.8. The van der Waals surface area contributed by atoms with Gasteiger partial charge in [-0.1, -0.05) is 30.7 Å². The fraction of sp³-hybridized carbons (Fsp3) is 0.250. The highest BCUT2D eigenvalue weighted by Crippen LogP contribution is 2.32. The van der Waals surface area contributed by atoms with Gasteiger partial charge in [-0.3, -0.25) is 0 Å². The standard InChI is InChI=1S/C28H26ClF3N2O3S/c1-5-20-22(31)11-18(12-25(20)38(4,36)37)16-7-9-24(23(32)10-16)34-15-26(28(2,3)35)33-27(34)13-17-6-8-19(30)14-21(17)29/h6-12,14-15,35H,5,13H2,1-4H3. The molecule has 5 nitrogen and oxygen atoms in total. The number of imidazole rings is 1. The number of hydrogen-bond donors (Lipinski definition) is 1. The topological polar surface area (TPSA) is 72.2 Å². The molecular weight excluding hydrogens is 537 g/mol. The van der Waals surface area contributed by atoms with E-state index in [1.807, 2.05) is 0 Å². The van der Waals surface area contributed by atoms with Crippen LogP contribution in [-0.2, 0) is 28.3 Å². The Hall–Kier alpha value is -3.14. The predicted octanol–water partition coefficient (Wildman–Crippen LogP) is 6.39. The second-order valence-corrected chi connectivity index (χ2v) is 12.0. The van der Waals surface area contributed by atoms with Crippen molar-refractivity contribution in [2.45, 2.75) is 44.1 Å². The molecule has 0 bridgehead atoms. The van der Waals surface area contributed by atoms with Crippen molar-refractivity contribution in [1.82, 2.24) is 9.55 Å². The van der Waals surface area contributed by atoms with Gasteiger partial charge >= 0.3 is 0 Å². The number of halogens is 4. The molecule has 0 radical (unpaired) electrons. The normalized spacial score (nSPS) is 12.2. The van der Waals surface area contributed by atoms with Crippen LogP contribution < -0.4 is 0 Å². The summed E-state index contributed by atoms with van der Waals surface area (Å²) in [4.78, 5) is 4.35. The zero-order valence-corrected chi connectivity index (χ0v) is 22.8. The molecule has 0 unspecified atom stereocenters. The summed E-state index contributed by atoms with van der Waals surface area (Å²) in [7, 11) is -3.72. The van der Waals surface area contributed by atoms with E-state index in [4.69, 9.17) is 11.6 Å². The van der Waals surface area contributed by atoms with Crippen molar-refractivity contribution in [3.8, 4) is 16.8 Å². The molecule has 3 aromatic carbocycles. The van der Waals surface area contributed by atoms with Gasteiger partial charge in [-0.15, -0.1) is 0 Å². The molecule has 4 rings (SSSR count). The highest BCUT2D eigenvalue weighted by atomic mass is 35.5. The van der Waals surface area contributed by atoms with E-state index in [0.717, 1.165) is 6.26 Å². The van der Waals surface area contributed by atoms with E-state index in [1.54, 1.807) is 26.8 Å². The molecule has 0 aliphatic rings. The van der Waals surface area contributed by atoms with Crippen LogP contribution in [0, 0.1) is 17.5 Å². The number of rotatable bonds is 7. The minimum Gasteiger partial charge on any atom is -0.384 e. The van der Waals surface area contributed by atoms with Gasteiger partial charge in [0.25, 0.3) is 0 Å². The van der Waals surface area contributed by atoms with E-state index in [-0.39, 0.29) is 50.8 Å². The minimum atomic E-state index is -3.72. The molecule has 0 saturated carbocycles. The molecule has 38 heavy (non-hydrogen) atoms. The Morgan fingerprint density at radius 1 is 1.00 bits per heavy atom. The Bertz CT molecular complexity index is 1640. The van der Waals surface area contributed by atoms with Gasteiger partial charge in [-0.2, -0.15) is 0 Å². The molecular formula is C28H26ClF3N2O3S. The van der Waals surface area contributed by atoms with Crippen molar-refractivity contribution in [1.29, 1.82) is 0 Å². The van der Waals surface area contributed by atoms with Crippen LogP contribution in [0.25, 0.3) is 16.8 Å². The molecule has 1 heterocycles. The number of hydrogen-bond acceptors (Lipinski definition) is 4. The van der Waals surface area contributed by atoms with E-state index < -0.39 is 32.9 Å². The molecule has 0 saturated heterocycles. The zero-order chi connectivity index (χ0) is 28.0. The molecule has 0 aliphatic heterocycles. The van der Waals surface area contributed by atoms with Crippen LogP contribution >= 0.6 is 11.6 Å². The van der Waals surface area contributed by atoms with E-state index in [2.05, 4.69) is 4.98 Å². The zero-order valence-electron chi connectivity index (χ0n) is 21.2. The Balaban J connectivity index is 1.82. The van der Waals surface area contributed by atoms with Crippen LogP contribution in [0.2, 0.25) is 5.02 Å². The quantitative estimate of drug-likeness (QED) is 0.283. The fourth-order valence-corrected chi connectivity index (χ4v) is 5.48. The van der Waals surface area contributed by atoms with Crippen LogP contribution in [0.15, 0.2) is 59.6 Å². The second-order valence-electron chi connectivity index (χ2n) is 9.61. The highest BCUT2D eigenvalue weighted by Gasteiger charge is 2.24. The fourth-order valence-electron chi connectivity index (χ4n) is 4.22. The molecule has 0 aliphatic carbocycles. The molecule has 1 aromatic heterocycles. The van der Waals surface area contributed by atoms with Gasteiger partial charge in [0.15, 0.2) is 9.84 Å². The number of aromatic nitrogens is 2. The van der Waals surface area contributed by atoms with Crippen LogP contribution in [0.4, 0.5) is 13.2 Å². The lowest BCUT2D eigenvalue weighted by atomic mass is 10.0. The number of benzene rings is 3. The summed E-state index contributed by atoms with van der Waals surface area (Å²) >= 11 is 6.20. The van der Waals surface area contributed by atoms with Crippen molar-refractivity contribution in [2.75, 3.05) is 6.26 Å². The highest BCUT2D eigenvalue weighted by molar-refractivity contribution is 7.90. The lowest BCUT2D eigenvalue weighted by Gasteiger charge is -2.14.